The van der Waals surface area contributed by atoms with Crippen molar-refractivity contribution in [3.05, 3.63) is 53.3 Å². The van der Waals surface area contributed by atoms with E-state index < -0.39 is 6.10 Å². The number of hydrogen-bond acceptors (Lipinski definition) is 3. The summed E-state index contributed by atoms with van der Waals surface area (Å²) in [6.45, 7) is 1.69. The Morgan fingerprint density at radius 2 is 1.90 bits per heavy atom. The number of imidazole rings is 1. The number of nitrogens with zero attached hydrogens (tertiary/aromatic N) is 2. The minimum absolute atomic E-state index is 0.577. The maximum atomic E-state index is 9.95. The second kappa shape index (κ2) is 4.81. The smallest absolute Gasteiger partial charge is 0.143 e. The molecule has 0 fully saturated rings. The number of halogens is 1. The Kier molecular flexibility index (Phi) is 3.12. The summed E-state index contributed by atoms with van der Waals surface area (Å²) in [7, 11) is 0. The third-order valence-electron chi connectivity index (χ3n) is 3.16. The van der Waals surface area contributed by atoms with Gasteiger partial charge in [0.1, 0.15) is 11.9 Å². The molecule has 0 aliphatic heterocycles. The van der Waals surface area contributed by atoms with Crippen LogP contribution in [0.25, 0.3) is 16.7 Å². The molecule has 102 valence electrons. The Bertz CT molecular complexity index is 763. The number of aromatic nitrogens is 2. The van der Waals surface area contributed by atoms with Gasteiger partial charge in [0.25, 0.3) is 0 Å². The van der Waals surface area contributed by atoms with E-state index >= 15 is 0 Å². The topological polar surface area (TPSA) is 64.1 Å². The Balaban J connectivity index is 2.31. The Labute approximate surface area is 121 Å². The van der Waals surface area contributed by atoms with E-state index in [9.17, 15) is 5.11 Å². The SMILES string of the molecule is CC(O)c1nc2cc(N)ccc2n1-c1ccc(Cl)cc1. The first-order valence-corrected chi connectivity index (χ1v) is 6.66. The van der Waals surface area contributed by atoms with E-state index in [0.717, 1.165) is 16.7 Å². The molecule has 20 heavy (non-hydrogen) atoms. The van der Waals surface area contributed by atoms with E-state index in [1.807, 2.05) is 41.0 Å². The number of aliphatic hydroxyl groups excluding tert-OH is 1. The molecule has 0 bridgehead atoms. The highest BCUT2D eigenvalue weighted by Gasteiger charge is 2.16. The normalized spacial score (nSPS) is 12.8. The van der Waals surface area contributed by atoms with Crippen molar-refractivity contribution in [3.8, 4) is 5.69 Å². The molecule has 1 atom stereocenters. The van der Waals surface area contributed by atoms with E-state index in [-0.39, 0.29) is 0 Å². The van der Waals surface area contributed by atoms with Crippen molar-refractivity contribution < 1.29 is 5.11 Å². The Morgan fingerprint density at radius 1 is 1.20 bits per heavy atom. The first kappa shape index (κ1) is 13.0. The van der Waals surface area contributed by atoms with Gasteiger partial charge in [-0.3, -0.25) is 4.57 Å². The van der Waals surface area contributed by atoms with Crippen LogP contribution in [-0.2, 0) is 0 Å². The molecule has 1 unspecified atom stereocenters. The number of nitrogen functional groups attached to an aromatic ring is 1. The van der Waals surface area contributed by atoms with Gasteiger partial charge in [0, 0.05) is 16.4 Å². The Morgan fingerprint density at radius 3 is 2.55 bits per heavy atom. The summed E-state index contributed by atoms with van der Waals surface area (Å²) in [5, 5.41) is 10.6. The predicted octanol–water partition coefficient (Wildman–Crippen LogP) is 3.31. The van der Waals surface area contributed by atoms with Crippen LogP contribution in [0.4, 0.5) is 5.69 Å². The fourth-order valence-electron chi connectivity index (χ4n) is 2.26. The number of rotatable bonds is 2. The molecular weight excluding hydrogens is 274 g/mol. The molecule has 0 radical (unpaired) electrons. The summed E-state index contributed by atoms with van der Waals surface area (Å²) in [4.78, 5) is 4.47. The number of benzene rings is 2. The first-order valence-electron chi connectivity index (χ1n) is 6.28. The van der Waals surface area contributed by atoms with E-state index in [1.54, 1.807) is 13.0 Å². The van der Waals surface area contributed by atoms with Gasteiger partial charge in [0.2, 0.25) is 0 Å². The molecule has 2 aromatic carbocycles. The van der Waals surface area contributed by atoms with Crippen LogP contribution < -0.4 is 5.73 Å². The molecule has 0 aliphatic rings. The van der Waals surface area contributed by atoms with Crippen molar-refractivity contribution >= 4 is 28.3 Å². The highest BCUT2D eigenvalue weighted by molar-refractivity contribution is 6.30. The van der Waals surface area contributed by atoms with Crippen molar-refractivity contribution in [1.82, 2.24) is 9.55 Å². The summed E-state index contributed by atoms with van der Waals surface area (Å²) in [6.07, 6.45) is -0.681. The molecule has 4 nitrogen and oxygen atoms in total. The van der Waals surface area contributed by atoms with Gasteiger partial charge in [-0.25, -0.2) is 4.98 Å². The molecule has 0 aliphatic carbocycles. The lowest BCUT2D eigenvalue weighted by Crippen LogP contribution is -2.04. The van der Waals surface area contributed by atoms with Gasteiger partial charge in [-0.1, -0.05) is 11.6 Å². The average Bonchev–Trinajstić information content (AvgIpc) is 2.78. The Hall–Kier alpha value is -2.04. The zero-order chi connectivity index (χ0) is 14.3. The maximum Gasteiger partial charge on any atom is 0.143 e. The zero-order valence-corrected chi connectivity index (χ0v) is 11.7. The van der Waals surface area contributed by atoms with Crippen molar-refractivity contribution in [2.45, 2.75) is 13.0 Å². The molecule has 5 heteroatoms. The van der Waals surface area contributed by atoms with E-state index in [1.165, 1.54) is 0 Å². The minimum Gasteiger partial charge on any atom is -0.399 e. The number of aliphatic hydroxyl groups is 1. The van der Waals surface area contributed by atoms with Gasteiger partial charge < -0.3 is 10.8 Å². The van der Waals surface area contributed by atoms with Crippen LogP contribution in [0.3, 0.4) is 0 Å². The number of fused-ring (bicyclic) bond motifs is 1. The van der Waals surface area contributed by atoms with Crippen LogP contribution in [-0.4, -0.2) is 14.7 Å². The average molecular weight is 288 g/mol. The van der Waals surface area contributed by atoms with Crippen molar-refractivity contribution in [2.24, 2.45) is 0 Å². The summed E-state index contributed by atoms with van der Waals surface area (Å²) in [5.74, 6) is 0.577. The van der Waals surface area contributed by atoms with Crippen LogP contribution in [0.15, 0.2) is 42.5 Å². The van der Waals surface area contributed by atoms with Crippen LogP contribution in [0, 0.1) is 0 Å². The molecule has 3 aromatic rings. The molecule has 0 amide bonds. The molecule has 0 spiro atoms. The lowest BCUT2D eigenvalue weighted by molar-refractivity contribution is 0.187. The summed E-state index contributed by atoms with van der Waals surface area (Å²) in [6, 6.07) is 12.9. The van der Waals surface area contributed by atoms with Gasteiger partial charge >= 0.3 is 0 Å². The molecule has 1 heterocycles. The van der Waals surface area contributed by atoms with E-state index in [0.29, 0.717) is 16.5 Å². The third kappa shape index (κ3) is 2.13. The minimum atomic E-state index is -0.681. The number of nitrogens with two attached hydrogens (primary N) is 1. The monoisotopic (exact) mass is 287 g/mol. The molecule has 1 aromatic heterocycles. The highest BCUT2D eigenvalue weighted by Crippen LogP contribution is 2.27. The van der Waals surface area contributed by atoms with Crippen LogP contribution in [0.1, 0.15) is 18.9 Å². The highest BCUT2D eigenvalue weighted by atomic mass is 35.5. The maximum absolute atomic E-state index is 9.95. The summed E-state index contributed by atoms with van der Waals surface area (Å²) >= 11 is 5.92. The molecule has 3 rings (SSSR count). The quantitative estimate of drug-likeness (QED) is 0.711. The predicted molar refractivity (Wildman–Crippen MR) is 81.1 cm³/mol. The number of anilines is 1. The number of hydrogen-bond donors (Lipinski definition) is 2. The fourth-order valence-corrected chi connectivity index (χ4v) is 2.38. The van der Waals surface area contributed by atoms with Crippen molar-refractivity contribution in [1.29, 1.82) is 0 Å². The second-order valence-electron chi connectivity index (χ2n) is 4.71. The summed E-state index contributed by atoms with van der Waals surface area (Å²) in [5.41, 5.74) is 9.00. The van der Waals surface area contributed by atoms with Gasteiger partial charge in [0.15, 0.2) is 0 Å². The molecule has 3 N–H and O–H groups in total. The third-order valence-corrected chi connectivity index (χ3v) is 3.41. The van der Waals surface area contributed by atoms with Crippen LogP contribution >= 0.6 is 11.6 Å². The van der Waals surface area contributed by atoms with Crippen molar-refractivity contribution in [2.75, 3.05) is 5.73 Å². The van der Waals surface area contributed by atoms with Crippen molar-refractivity contribution in [3.63, 3.8) is 0 Å². The zero-order valence-electron chi connectivity index (χ0n) is 10.9. The van der Waals surface area contributed by atoms with Gasteiger partial charge in [-0.2, -0.15) is 0 Å². The summed E-state index contributed by atoms with van der Waals surface area (Å²) < 4.78 is 1.91. The molecular formula is C15H14ClN3O. The molecule has 0 saturated carbocycles. The standard InChI is InChI=1S/C15H14ClN3O/c1-9(20)15-18-13-8-11(17)4-7-14(13)19(15)12-5-2-10(16)3-6-12/h2-9,20H,17H2,1H3. The van der Waals surface area contributed by atoms with Crippen LogP contribution in [0.5, 0.6) is 0 Å². The molecule has 0 saturated heterocycles. The second-order valence-corrected chi connectivity index (χ2v) is 5.14. The largest absolute Gasteiger partial charge is 0.399 e. The van der Waals surface area contributed by atoms with Gasteiger partial charge in [-0.15, -0.1) is 0 Å². The first-order chi connectivity index (χ1) is 9.56. The lowest BCUT2D eigenvalue weighted by atomic mass is 10.2. The van der Waals surface area contributed by atoms with Crippen LogP contribution in [0.2, 0.25) is 5.02 Å². The van der Waals surface area contributed by atoms with E-state index in [4.69, 9.17) is 17.3 Å². The fraction of sp³-hybridized carbons (Fsp3) is 0.133. The van der Waals surface area contributed by atoms with Gasteiger partial charge in [0.05, 0.1) is 11.0 Å². The lowest BCUT2D eigenvalue weighted by Gasteiger charge is -2.11. The van der Waals surface area contributed by atoms with E-state index in [2.05, 4.69) is 4.98 Å². The van der Waals surface area contributed by atoms with Gasteiger partial charge in [-0.05, 0) is 49.4 Å².